The monoisotopic (exact) mass is 285 g/mol. The molecule has 1 amide bonds. The Kier molecular flexibility index (Phi) is 6.59. The van der Waals surface area contributed by atoms with E-state index in [0.29, 0.717) is 22.9 Å². The Morgan fingerprint density at radius 3 is 2.84 bits per heavy atom. The van der Waals surface area contributed by atoms with E-state index in [0.717, 1.165) is 19.3 Å². The quantitative estimate of drug-likeness (QED) is 0.752. The Balaban J connectivity index is 2.65. The summed E-state index contributed by atoms with van der Waals surface area (Å²) in [5.41, 5.74) is 0.450. The number of halogens is 1. The van der Waals surface area contributed by atoms with Crippen molar-refractivity contribution in [1.82, 2.24) is 9.88 Å². The summed E-state index contributed by atoms with van der Waals surface area (Å²) in [5.74, 6) is 0.495. The highest BCUT2D eigenvalue weighted by Gasteiger charge is 2.15. The van der Waals surface area contributed by atoms with Crippen LogP contribution in [0.2, 0.25) is 5.02 Å². The van der Waals surface area contributed by atoms with E-state index in [1.165, 1.54) is 6.20 Å². The van der Waals surface area contributed by atoms with E-state index in [2.05, 4.69) is 10.3 Å². The van der Waals surface area contributed by atoms with E-state index in [1.807, 2.05) is 0 Å². The lowest BCUT2D eigenvalue weighted by Gasteiger charge is -2.18. The topological polar surface area (TPSA) is 65.5 Å². The molecule has 0 atom stereocenters. The molecule has 1 aromatic rings. The number of anilines is 1. The molecule has 106 valence electrons. The summed E-state index contributed by atoms with van der Waals surface area (Å²) in [6.07, 6.45) is 4.01. The summed E-state index contributed by atoms with van der Waals surface area (Å²) in [5, 5.41) is 11.9. The highest BCUT2D eigenvalue weighted by atomic mass is 35.5. The van der Waals surface area contributed by atoms with Crippen molar-refractivity contribution in [2.45, 2.75) is 19.3 Å². The highest BCUT2D eigenvalue weighted by molar-refractivity contribution is 6.33. The first kappa shape index (κ1) is 15.7. The van der Waals surface area contributed by atoms with Gasteiger partial charge < -0.3 is 15.3 Å². The molecule has 1 heterocycles. The molecule has 0 bridgehead atoms. The average Bonchev–Trinajstić information content (AvgIpc) is 2.43. The summed E-state index contributed by atoms with van der Waals surface area (Å²) >= 11 is 6.01. The molecule has 0 radical (unpaired) electrons. The van der Waals surface area contributed by atoms with Crippen molar-refractivity contribution >= 4 is 23.3 Å². The van der Waals surface area contributed by atoms with Gasteiger partial charge in [0, 0.05) is 33.4 Å². The predicted molar refractivity (Wildman–Crippen MR) is 76.7 cm³/mol. The van der Waals surface area contributed by atoms with Gasteiger partial charge in [-0.3, -0.25) is 4.79 Å². The second-order valence-electron chi connectivity index (χ2n) is 4.31. The van der Waals surface area contributed by atoms with E-state index < -0.39 is 0 Å². The molecule has 2 N–H and O–H groups in total. The first-order valence-electron chi connectivity index (χ1n) is 6.29. The van der Waals surface area contributed by atoms with Crippen molar-refractivity contribution in [3.8, 4) is 0 Å². The van der Waals surface area contributed by atoms with Gasteiger partial charge in [-0.25, -0.2) is 4.98 Å². The molecule has 1 aromatic heterocycles. The minimum atomic E-state index is -0.118. The van der Waals surface area contributed by atoms with Crippen LogP contribution in [-0.2, 0) is 0 Å². The zero-order valence-electron chi connectivity index (χ0n) is 11.3. The molecule has 0 aliphatic carbocycles. The molecular formula is C13H20ClN3O2. The molecule has 1 rings (SSSR count). The van der Waals surface area contributed by atoms with Gasteiger partial charge in [0.25, 0.3) is 5.91 Å². The Hall–Kier alpha value is -1.33. The fourth-order valence-electron chi connectivity index (χ4n) is 1.68. The predicted octanol–water partition coefficient (Wildman–Crippen LogP) is 2.01. The molecule has 5 nitrogen and oxygen atoms in total. The fourth-order valence-corrected chi connectivity index (χ4v) is 1.87. The Morgan fingerprint density at radius 1 is 1.47 bits per heavy atom. The smallest absolute Gasteiger partial charge is 0.255 e. The van der Waals surface area contributed by atoms with Gasteiger partial charge in [-0.05, 0) is 25.3 Å². The number of aromatic nitrogens is 1. The first-order valence-corrected chi connectivity index (χ1v) is 6.67. The number of aliphatic hydroxyl groups is 1. The third kappa shape index (κ3) is 4.69. The minimum absolute atomic E-state index is 0.118. The van der Waals surface area contributed by atoms with Crippen molar-refractivity contribution in [3.05, 3.63) is 22.8 Å². The zero-order valence-corrected chi connectivity index (χ0v) is 12.1. The normalized spacial score (nSPS) is 10.3. The van der Waals surface area contributed by atoms with Crippen molar-refractivity contribution in [3.63, 3.8) is 0 Å². The van der Waals surface area contributed by atoms with Crippen molar-refractivity contribution in [2.24, 2.45) is 0 Å². The lowest BCUT2D eigenvalue weighted by Crippen LogP contribution is -2.28. The van der Waals surface area contributed by atoms with Crippen molar-refractivity contribution < 1.29 is 9.90 Å². The van der Waals surface area contributed by atoms with Gasteiger partial charge in [-0.2, -0.15) is 0 Å². The third-order valence-corrected chi connectivity index (χ3v) is 3.14. The largest absolute Gasteiger partial charge is 0.396 e. The maximum absolute atomic E-state index is 12.2. The number of hydrogen-bond acceptors (Lipinski definition) is 4. The molecule has 0 saturated carbocycles. The van der Waals surface area contributed by atoms with Crippen LogP contribution in [0.3, 0.4) is 0 Å². The van der Waals surface area contributed by atoms with Crippen molar-refractivity contribution in [2.75, 3.05) is 32.6 Å². The summed E-state index contributed by atoms with van der Waals surface area (Å²) in [6.45, 7) is 0.839. The molecule has 19 heavy (non-hydrogen) atoms. The number of amides is 1. The number of carbonyl (C=O) groups is 1. The van der Waals surface area contributed by atoms with Crippen LogP contribution in [0.4, 0.5) is 5.82 Å². The fraction of sp³-hybridized carbons (Fsp3) is 0.538. The Morgan fingerprint density at radius 2 is 2.21 bits per heavy atom. The van der Waals surface area contributed by atoms with E-state index in [4.69, 9.17) is 16.7 Å². The molecule has 0 saturated heterocycles. The van der Waals surface area contributed by atoms with Crippen LogP contribution in [-0.4, -0.2) is 48.1 Å². The summed E-state index contributed by atoms with van der Waals surface area (Å²) < 4.78 is 0. The number of nitrogens with one attached hydrogen (secondary N) is 1. The number of hydrogen-bond donors (Lipinski definition) is 2. The zero-order chi connectivity index (χ0) is 14.3. The van der Waals surface area contributed by atoms with Crippen LogP contribution < -0.4 is 5.32 Å². The molecule has 0 aliphatic heterocycles. The van der Waals surface area contributed by atoms with Gasteiger partial charge in [-0.1, -0.05) is 11.6 Å². The Labute approximate surface area is 118 Å². The summed E-state index contributed by atoms with van der Waals surface area (Å²) in [7, 11) is 3.49. The number of pyridine rings is 1. The van der Waals surface area contributed by atoms with E-state index in [1.54, 1.807) is 25.1 Å². The molecule has 0 unspecified atom stereocenters. The standard InChI is InChI=1S/C13H20ClN3O2/c1-15-12-8-10(11(14)9-16-12)13(19)17(2)6-4-3-5-7-18/h8-9,18H,3-7H2,1-2H3,(H,15,16). The van der Waals surface area contributed by atoms with E-state index in [9.17, 15) is 4.79 Å². The molecule has 0 aliphatic rings. The second-order valence-corrected chi connectivity index (χ2v) is 4.72. The number of aliphatic hydroxyl groups excluding tert-OH is 1. The Bertz CT molecular complexity index is 426. The van der Waals surface area contributed by atoms with Crippen LogP contribution in [0.15, 0.2) is 12.3 Å². The second kappa shape index (κ2) is 7.96. The number of carbonyl (C=O) groups excluding carboxylic acids is 1. The van der Waals surface area contributed by atoms with Gasteiger partial charge in [0.1, 0.15) is 5.82 Å². The molecule has 6 heteroatoms. The average molecular weight is 286 g/mol. The maximum Gasteiger partial charge on any atom is 0.255 e. The maximum atomic E-state index is 12.2. The van der Waals surface area contributed by atoms with E-state index >= 15 is 0 Å². The van der Waals surface area contributed by atoms with Crippen LogP contribution in [0.25, 0.3) is 0 Å². The molecule has 0 aromatic carbocycles. The van der Waals surface area contributed by atoms with Gasteiger partial charge in [0.05, 0.1) is 10.6 Å². The van der Waals surface area contributed by atoms with Gasteiger partial charge >= 0.3 is 0 Å². The van der Waals surface area contributed by atoms with Crippen LogP contribution in [0.1, 0.15) is 29.6 Å². The lowest BCUT2D eigenvalue weighted by molar-refractivity contribution is 0.0792. The first-order chi connectivity index (χ1) is 9.10. The number of rotatable bonds is 7. The lowest BCUT2D eigenvalue weighted by atomic mass is 10.2. The van der Waals surface area contributed by atoms with Gasteiger partial charge in [0.2, 0.25) is 0 Å². The van der Waals surface area contributed by atoms with E-state index in [-0.39, 0.29) is 12.5 Å². The highest BCUT2D eigenvalue weighted by Crippen LogP contribution is 2.19. The van der Waals surface area contributed by atoms with Gasteiger partial charge in [0.15, 0.2) is 0 Å². The molecule has 0 spiro atoms. The van der Waals surface area contributed by atoms with Crippen LogP contribution >= 0.6 is 11.6 Å². The molecular weight excluding hydrogens is 266 g/mol. The van der Waals surface area contributed by atoms with Crippen molar-refractivity contribution in [1.29, 1.82) is 0 Å². The third-order valence-electron chi connectivity index (χ3n) is 2.84. The SMILES string of the molecule is CNc1cc(C(=O)N(C)CCCCCO)c(Cl)cn1. The van der Waals surface area contributed by atoms with Gasteiger partial charge in [-0.15, -0.1) is 0 Å². The minimum Gasteiger partial charge on any atom is -0.396 e. The van der Waals surface area contributed by atoms with Crippen LogP contribution in [0.5, 0.6) is 0 Å². The summed E-state index contributed by atoms with van der Waals surface area (Å²) in [4.78, 5) is 17.9. The number of unbranched alkanes of at least 4 members (excludes halogenated alkanes) is 2. The molecule has 0 fully saturated rings. The summed E-state index contributed by atoms with van der Waals surface area (Å²) in [6, 6.07) is 1.65. The van der Waals surface area contributed by atoms with Crippen LogP contribution in [0, 0.1) is 0 Å². The number of nitrogens with zero attached hydrogens (tertiary/aromatic N) is 2.